The minimum Gasteiger partial charge on any atom is -0.384 e. The van der Waals surface area contributed by atoms with E-state index in [2.05, 4.69) is 35.2 Å². The molecule has 0 aliphatic carbocycles. The number of carbonyl (C=O) groups excluding carboxylic acids is 2. The van der Waals surface area contributed by atoms with E-state index >= 15 is 0 Å². The Kier molecular flexibility index (Phi) is 7.16. The van der Waals surface area contributed by atoms with Crippen LogP contribution < -0.4 is 15.5 Å². The monoisotopic (exact) mass is 500 g/mol. The van der Waals surface area contributed by atoms with E-state index < -0.39 is 0 Å². The molecule has 0 radical (unpaired) electrons. The number of rotatable bonds is 7. The molecule has 0 unspecified atom stereocenters. The molecule has 1 amide bonds. The number of hydrogen-bond donors (Lipinski definition) is 2. The lowest BCUT2D eigenvalue weighted by molar-refractivity contribution is -0.118. The summed E-state index contributed by atoms with van der Waals surface area (Å²) in [7, 11) is 0. The van der Waals surface area contributed by atoms with Gasteiger partial charge in [-0.2, -0.15) is 0 Å². The Bertz CT molecular complexity index is 1470. The van der Waals surface area contributed by atoms with Crippen LogP contribution in [0.15, 0.2) is 109 Å². The highest BCUT2D eigenvalue weighted by atomic mass is 16.2. The normalized spacial score (nSPS) is 12.4. The van der Waals surface area contributed by atoms with Crippen molar-refractivity contribution >= 4 is 40.4 Å². The number of amidine groups is 1. The number of anilines is 4. The van der Waals surface area contributed by atoms with Crippen LogP contribution in [0, 0.1) is 5.41 Å². The van der Waals surface area contributed by atoms with Crippen molar-refractivity contribution < 1.29 is 9.59 Å². The van der Waals surface area contributed by atoms with E-state index in [1.807, 2.05) is 66.6 Å². The number of nitrogens with two attached hydrogens (primary N) is 1. The van der Waals surface area contributed by atoms with Crippen LogP contribution in [-0.4, -0.2) is 17.7 Å². The number of para-hydroxylation sites is 2. The first-order valence-corrected chi connectivity index (χ1v) is 12.6. The van der Waals surface area contributed by atoms with Gasteiger partial charge in [-0.3, -0.25) is 15.1 Å². The molecule has 0 saturated carbocycles. The van der Waals surface area contributed by atoms with E-state index in [0.29, 0.717) is 30.5 Å². The zero-order valence-corrected chi connectivity index (χ0v) is 20.9. The Morgan fingerprint density at radius 3 is 2.05 bits per heavy atom. The van der Waals surface area contributed by atoms with Crippen LogP contribution in [0.5, 0.6) is 0 Å². The second-order valence-corrected chi connectivity index (χ2v) is 9.21. The maximum atomic E-state index is 13.4. The first-order chi connectivity index (χ1) is 18.5. The lowest BCUT2D eigenvalue weighted by Gasteiger charge is -2.32. The van der Waals surface area contributed by atoms with Gasteiger partial charge in [-0.05, 0) is 66.4 Å². The van der Waals surface area contributed by atoms with Gasteiger partial charge in [0.05, 0.1) is 5.69 Å². The number of amides is 1. The van der Waals surface area contributed by atoms with Crippen LogP contribution in [0.3, 0.4) is 0 Å². The SMILES string of the molecule is N=C(N)c1ccc(CCC(=O)N2C(=C=O)CCc3cc(N(c4ccccc4)c4ccccc4)ccc32)cc1. The van der Waals surface area contributed by atoms with Gasteiger partial charge >= 0.3 is 0 Å². The standard InChI is InChI=1S/C32H28N4O2/c33-32(34)24-14-11-23(12-15-24)13-20-31(38)36-29(22-37)17-16-25-21-28(18-19-30(25)36)35(26-7-3-1-4-8-26)27-9-5-2-6-10-27/h1-12,14-15,18-19,21H,13,16-17,20H2,(H3,33,34). The van der Waals surface area contributed by atoms with Crippen molar-refractivity contribution in [2.24, 2.45) is 5.73 Å². The van der Waals surface area contributed by atoms with E-state index in [0.717, 1.165) is 33.9 Å². The predicted molar refractivity (Wildman–Crippen MR) is 152 cm³/mol. The molecule has 0 spiro atoms. The number of hydrogen-bond acceptors (Lipinski definition) is 4. The fourth-order valence-electron chi connectivity index (χ4n) is 4.84. The summed E-state index contributed by atoms with van der Waals surface area (Å²) in [5.74, 6) is 1.87. The van der Waals surface area contributed by atoms with Gasteiger partial charge < -0.3 is 10.6 Å². The minimum atomic E-state index is -0.143. The Labute approximate surface area is 222 Å². The van der Waals surface area contributed by atoms with Gasteiger partial charge in [0.15, 0.2) is 0 Å². The summed E-state index contributed by atoms with van der Waals surface area (Å²) in [5.41, 5.74) is 12.3. The minimum absolute atomic E-state index is 0.00998. The molecule has 5 rings (SSSR count). The Morgan fingerprint density at radius 2 is 1.47 bits per heavy atom. The number of carbonyl (C=O) groups is 1. The first kappa shape index (κ1) is 24.8. The second-order valence-electron chi connectivity index (χ2n) is 9.21. The number of aryl methyl sites for hydroxylation is 2. The molecule has 6 nitrogen and oxygen atoms in total. The molecule has 1 aliphatic heterocycles. The molecule has 0 bridgehead atoms. The Morgan fingerprint density at radius 1 is 0.842 bits per heavy atom. The topological polar surface area (TPSA) is 90.5 Å². The van der Waals surface area contributed by atoms with E-state index in [9.17, 15) is 9.59 Å². The summed E-state index contributed by atoms with van der Waals surface area (Å²) in [6, 6.07) is 33.6. The summed E-state index contributed by atoms with van der Waals surface area (Å²) in [6.07, 6.45) is 1.87. The van der Waals surface area contributed by atoms with Gasteiger partial charge in [-0.25, -0.2) is 4.79 Å². The Hall–Kier alpha value is -4.93. The summed E-state index contributed by atoms with van der Waals surface area (Å²) in [6.45, 7) is 0. The third-order valence-corrected chi connectivity index (χ3v) is 6.75. The van der Waals surface area contributed by atoms with Crippen molar-refractivity contribution in [2.45, 2.75) is 25.7 Å². The van der Waals surface area contributed by atoms with Crippen molar-refractivity contribution in [3.8, 4) is 0 Å². The molecule has 188 valence electrons. The van der Waals surface area contributed by atoms with Crippen LogP contribution in [0.1, 0.15) is 29.5 Å². The number of nitrogens with one attached hydrogen (secondary N) is 1. The highest BCUT2D eigenvalue weighted by molar-refractivity contribution is 6.00. The van der Waals surface area contributed by atoms with Crippen molar-refractivity contribution in [2.75, 3.05) is 9.80 Å². The van der Waals surface area contributed by atoms with Crippen LogP contribution in [0.2, 0.25) is 0 Å². The van der Waals surface area contributed by atoms with Crippen molar-refractivity contribution in [3.05, 3.63) is 126 Å². The number of fused-ring (bicyclic) bond motifs is 1. The van der Waals surface area contributed by atoms with Gasteiger partial charge in [-0.1, -0.05) is 60.7 Å². The highest BCUT2D eigenvalue weighted by Gasteiger charge is 2.28. The Balaban J connectivity index is 1.44. The molecule has 0 atom stereocenters. The molecular formula is C32H28N4O2. The molecule has 0 fully saturated rings. The quantitative estimate of drug-likeness (QED) is 0.183. The van der Waals surface area contributed by atoms with Crippen molar-refractivity contribution in [1.29, 1.82) is 5.41 Å². The second kappa shape index (κ2) is 11.0. The zero-order chi connectivity index (χ0) is 26.5. The fraction of sp³-hybridized carbons (Fsp3) is 0.125. The zero-order valence-electron chi connectivity index (χ0n) is 20.9. The average Bonchev–Trinajstić information content (AvgIpc) is 2.96. The van der Waals surface area contributed by atoms with Gasteiger partial charge in [-0.15, -0.1) is 0 Å². The average molecular weight is 501 g/mol. The van der Waals surface area contributed by atoms with Crippen LogP contribution in [0.25, 0.3) is 0 Å². The molecule has 38 heavy (non-hydrogen) atoms. The smallest absolute Gasteiger partial charge is 0.232 e. The lowest BCUT2D eigenvalue weighted by atomic mass is 9.97. The van der Waals surface area contributed by atoms with E-state index in [1.165, 1.54) is 4.90 Å². The number of nitrogen functional groups attached to an aromatic ring is 1. The van der Waals surface area contributed by atoms with Gasteiger partial charge in [0.2, 0.25) is 5.91 Å². The molecule has 1 aliphatic rings. The van der Waals surface area contributed by atoms with Crippen molar-refractivity contribution in [3.63, 3.8) is 0 Å². The molecule has 4 aromatic carbocycles. The summed E-state index contributed by atoms with van der Waals surface area (Å²) < 4.78 is 0. The lowest BCUT2D eigenvalue weighted by Crippen LogP contribution is -2.34. The number of benzene rings is 4. The molecule has 0 aromatic heterocycles. The summed E-state index contributed by atoms with van der Waals surface area (Å²) in [4.78, 5) is 28.9. The third-order valence-electron chi connectivity index (χ3n) is 6.75. The van der Waals surface area contributed by atoms with Crippen LogP contribution >= 0.6 is 0 Å². The highest BCUT2D eigenvalue weighted by Crippen LogP contribution is 2.39. The van der Waals surface area contributed by atoms with Crippen LogP contribution in [0.4, 0.5) is 22.7 Å². The molecule has 0 saturated heterocycles. The van der Waals surface area contributed by atoms with E-state index in [1.54, 1.807) is 12.1 Å². The first-order valence-electron chi connectivity index (χ1n) is 12.6. The fourth-order valence-corrected chi connectivity index (χ4v) is 4.84. The van der Waals surface area contributed by atoms with Gasteiger partial charge in [0.1, 0.15) is 17.5 Å². The predicted octanol–water partition coefficient (Wildman–Crippen LogP) is 6.07. The molecule has 3 N–H and O–H groups in total. The molecule has 1 heterocycles. The third kappa shape index (κ3) is 5.12. The van der Waals surface area contributed by atoms with Gasteiger partial charge in [0.25, 0.3) is 0 Å². The van der Waals surface area contributed by atoms with Crippen LogP contribution in [-0.2, 0) is 22.4 Å². The van der Waals surface area contributed by atoms with Gasteiger partial charge in [0, 0.05) is 35.5 Å². The molecule has 6 heteroatoms. The number of allylic oxidation sites excluding steroid dienone is 1. The maximum absolute atomic E-state index is 13.4. The molecule has 4 aromatic rings. The summed E-state index contributed by atoms with van der Waals surface area (Å²) in [5, 5.41) is 7.54. The maximum Gasteiger partial charge on any atom is 0.232 e. The van der Waals surface area contributed by atoms with E-state index in [-0.39, 0.29) is 18.2 Å². The van der Waals surface area contributed by atoms with Crippen molar-refractivity contribution in [1.82, 2.24) is 0 Å². The molecular weight excluding hydrogens is 472 g/mol. The summed E-state index contributed by atoms with van der Waals surface area (Å²) >= 11 is 0. The number of nitrogens with zero attached hydrogens (tertiary/aromatic N) is 2. The van der Waals surface area contributed by atoms with E-state index in [4.69, 9.17) is 11.1 Å². The largest absolute Gasteiger partial charge is 0.384 e.